The van der Waals surface area contributed by atoms with E-state index >= 15 is 0 Å². The maximum Gasteiger partial charge on any atom is 0.284 e. The van der Waals surface area contributed by atoms with Gasteiger partial charge in [0, 0.05) is 11.3 Å². The summed E-state index contributed by atoms with van der Waals surface area (Å²) in [5.74, 6) is -0.376. The molecule has 22 heavy (non-hydrogen) atoms. The van der Waals surface area contributed by atoms with Crippen molar-refractivity contribution in [3.8, 4) is 5.69 Å². The third-order valence-electron chi connectivity index (χ3n) is 4.22. The lowest BCUT2D eigenvalue weighted by Gasteiger charge is -2.13. The maximum atomic E-state index is 13.0. The summed E-state index contributed by atoms with van der Waals surface area (Å²) < 4.78 is 14.3. The van der Waals surface area contributed by atoms with Gasteiger partial charge in [0.1, 0.15) is 16.9 Å². The first-order valence-electron chi connectivity index (χ1n) is 7.30. The molecule has 0 aliphatic heterocycles. The molecular formula is C16H14FN3O2. The molecule has 0 unspecified atom stereocenters. The number of hydrogen-bond donors (Lipinski definition) is 2. The van der Waals surface area contributed by atoms with Crippen LogP contribution in [0.3, 0.4) is 0 Å². The van der Waals surface area contributed by atoms with Crippen molar-refractivity contribution in [1.82, 2.24) is 14.8 Å². The Hall–Kier alpha value is -2.63. The number of nitrogens with one attached hydrogen (secondary N) is 2. The Labute approximate surface area is 124 Å². The maximum absolute atomic E-state index is 13.0. The number of aromatic amines is 2. The molecule has 2 heterocycles. The predicted octanol–water partition coefficient (Wildman–Crippen LogP) is 2.02. The zero-order valence-corrected chi connectivity index (χ0v) is 11.8. The monoisotopic (exact) mass is 299 g/mol. The van der Waals surface area contributed by atoms with Gasteiger partial charge in [-0.3, -0.25) is 14.7 Å². The second-order valence-corrected chi connectivity index (χ2v) is 5.60. The molecule has 2 aromatic heterocycles. The number of nitrogens with zero attached hydrogens (tertiary/aromatic N) is 1. The average molecular weight is 299 g/mol. The molecule has 0 amide bonds. The van der Waals surface area contributed by atoms with Crippen LogP contribution in [-0.4, -0.2) is 14.8 Å². The molecule has 1 aliphatic rings. The van der Waals surface area contributed by atoms with E-state index in [-0.39, 0.29) is 16.6 Å². The minimum Gasteiger partial charge on any atom is -0.343 e. The number of hydrogen-bond acceptors (Lipinski definition) is 2. The lowest BCUT2D eigenvalue weighted by molar-refractivity contribution is 0.627. The smallest absolute Gasteiger partial charge is 0.284 e. The summed E-state index contributed by atoms with van der Waals surface area (Å²) in [4.78, 5) is 28.3. The fourth-order valence-electron chi connectivity index (χ4n) is 3.11. The molecule has 0 fully saturated rings. The first-order valence-corrected chi connectivity index (χ1v) is 7.30. The number of aryl methyl sites for hydroxylation is 1. The van der Waals surface area contributed by atoms with Crippen LogP contribution >= 0.6 is 0 Å². The summed E-state index contributed by atoms with van der Waals surface area (Å²) in [6.07, 6.45) is 3.54. The largest absolute Gasteiger partial charge is 0.343 e. The van der Waals surface area contributed by atoms with Gasteiger partial charge in [0.2, 0.25) is 0 Å². The number of halogens is 1. The quantitative estimate of drug-likeness (QED) is 0.721. The van der Waals surface area contributed by atoms with Gasteiger partial charge in [0.15, 0.2) is 5.43 Å². The molecule has 0 saturated carbocycles. The van der Waals surface area contributed by atoms with E-state index in [1.807, 2.05) is 0 Å². The molecule has 4 rings (SSSR count). The Morgan fingerprint density at radius 2 is 1.77 bits per heavy atom. The summed E-state index contributed by atoms with van der Waals surface area (Å²) in [5, 5.41) is 3.06. The molecule has 1 aliphatic carbocycles. The highest BCUT2D eigenvalue weighted by Crippen LogP contribution is 2.18. The van der Waals surface area contributed by atoms with Crippen molar-refractivity contribution < 1.29 is 4.39 Å². The van der Waals surface area contributed by atoms with Crippen LogP contribution in [0.25, 0.3) is 16.7 Å². The van der Waals surface area contributed by atoms with Crippen molar-refractivity contribution in [2.24, 2.45) is 0 Å². The van der Waals surface area contributed by atoms with E-state index in [0.29, 0.717) is 17.8 Å². The van der Waals surface area contributed by atoms with Gasteiger partial charge in [-0.15, -0.1) is 0 Å². The van der Waals surface area contributed by atoms with Crippen molar-refractivity contribution in [3.05, 3.63) is 61.9 Å². The van der Waals surface area contributed by atoms with Crippen LogP contribution in [0.1, 0.15) is 24.1 Å². The summed E-state index contributed by atoms with van der Waals surface area (Å²) in [6.45, 7) is 0. The molecule has 0 saturated heterocycles. The zero-order chi connectivity index (χ0) is 15.3. The van der Waals surface area contributed by atoms with Crippen LogP contribution in [0.4, 0.5) is 4.39 Å². The predicted molar refractivity (Wildman–Crippen MR) is 81.1 cm³/mol. The van der Waals surface area contributed by atoms with Crippen LogP contribution in [0.2, 0.25) is 0 Å². The van der Waals surface area contributed by atoms with E-state index < -0.39 is 5.56 Å². The topological polar surface area (TPSA) is 70.7 Å². The third kappa shape index (κ3) is 1.83. The average Bonchev–Trinajstić information content (AvgIpc) is 2.85. The highest BCUT2D eigenvalue weighted by Gasteiger charge is 2.20. The van der Waals surface area contributed by atoms with Gasteiger partial charge in [0.05, 0.1) is 5.69 Å². The van der Waals surface area contributed by atoms with Crippen molar-refractivity contribution >= 4 is 11.0 Å². The van der Waals surface area contributed by atoms with E-state index in [9.17, 15) is 14.0 Å². The van der Waals surface area contributed by atoms with Gasteiger partial charge in [-0.05, 0) is 49.9 Å². The summed E-state index contributed by atoms with van der Waals surface area (Å²) >= 11 is 0. The number of pyridine rings is 1. The standard InChI is InChI=1S/C16H14FN3O2/c17-9-5-7-10(8-6-9)20-16(22)13-14(21)11-3-1-2-4-12(11)18-15(13)19-20/h5-8H,1-4H2,(H2,18,19,21). The van der Waals surface area contributed by atoms with Crippen molar-refractivity contribution in [2.45, 2.75) is 25.7 Å². The molecule has 112 valence electrons. The normalized spacial score (nSPS) is 14.2. The second kappa shape index (κ2) is 4.69. The van der Waals surface area contributed by atoms with Crippen molar-refractivity contribution in [1.29, 1.82) is 0 Å². The molecule has 0 spiro atoms. The van der Waals surface area contributed by atoms with Crippen LogP contribution in [0.15, 0.2) is 33.9 Å². The first-order chi connectivity index (χ1) is 10.6. The Kier molecular flexibility index (Phi) is 2.79. The number of rotatable bonds is 1. The van der Waals surface area contributed by atoms with E-state index in [2.05, 4.69) is 10.1 Å². The Balaban J connectivity index is 2.01. The number of benzene rings is 1. The van der Waals surface area contributed by atoms with E-state index in [1.165, 1.54) is 28.9 Å². The van der Waals surface area contributed by atoms with Crippen molar-refractivity contribution in [3.63, 3.8) is 0 Å². The minimum atomic E-state index is -0.406. The van der Waals surface area contributed by atoms with E-state index in [4.69, 9.17) is 0 Å². The minimum absolute atomic E-state index is 0.143. The fraction of sp³-hybridized carbons (Fsp3) is 0.250. The van der Waals surface area contributed by atoms with Crippen LogP contribution in [0, 0.1) is 5.82 Å². The summed E-state index contributed by atoms with van der Waals surface area (Å²) in [6, 6.07) is 5.55. The summed E-state index contributed by atoms with van der Waals surface area (Å²) in [5.41, 5.74) is 1.97. The summed E-state index contributed by atoms with van der Waals surface area (Å²) in [7, 11) is 0. The lowest BCUT2D eigenvalue weighted by atomic mass is 9.95. The van der Waals surface area contributed by atoms with Gasteiger partial charge in [-0.2, -0.15) is 0 Å². The van der Waals surface area contributed by atoms with E-state index in [1.54, 1.807) is 0 Å². The lowest BCUT2D eigenvalue weighted by Crippen LogP contribution is -2.23. The van der Waals surface area contributed by atoms with Gasteiger partial charge >= 0.3 is 0 Å². The molecule has 0 radical (unpaired) electrons. The molecule has 0 bridgehead atoms. The van der Waals surface area contributed by atoms with Gasteiger partial charge in [-0.1, -0.05) is 0 Å². The molecule has 2 N–H and O–H groups in total. The van der Waals surface area contributed by atoms with Crippen LogP contribution in [0.5, 0.6) is 0 Å². The molecule has 0 atom stereocenters. The molecule has 1 aromatic carbocycles. The number of H-pyrrole nitrogens is 2. The zero-order valence-electron chi connectivity index (χ0n) is 11.8. The molecular weight excluding hydrogens is 285 g/mol. The fourth-order valence-corrected chi connectivity index (χ4v) is 3.11. The first kappa shape index (κ1) is 13.1. The van der Waals surface area contributed by atoms with Gasteiger partial charge in [-0.25, -0.2) is 9.07 Å². The number of aromatic nitrogens is 3. The Morgan fingerprint density at radius 1 is 1.05 bits per heavy atom. The number of fused-ring (bicyclic) bond motifs is 2. The van der Waals surface area contributed by atoms with Crippen LogP contribution < -0.4 is 11.0 Å². The third-order valence-corrected chi connectivity index (χ3v) is 4.22. The van der Waals surface area contributed by atoms with Crippen LogP contribution in [-0.2, 0) is 12.8 Å². The SMILES string of the molecule is O=c1c2c([nH]c3[nH]n(-c4ccc(F)cc4)c(=O)c13)CCCC2. The Bertz CT molecular complexity index is 980. The van der Waals surface area contributed by atoms with Gasteiger partial charge in [0.25, 0.3) is 5.56 Å². The molecule has 6 heteroatoms. The Morgan fingerprint density at radius 3 is 2.55 bits per heavy atom. The highest BCUT2D eigenvalue weighted by molar-refractivity contribution is 5.75. The van der Waals surface area contributed by atoms with Crippen molar-refractivity contribution in [2.75, 3.05) is 0 Å². The second-order valence-electron chi connectivity index (χ2n) is 5.60. The van der Waals surface area contributed by atoms with E-state index in [0.717, 1.165) is 30.5 Å². The molecule has 5 nitrogen and oxygen atoms in total. The molecule has 3 aromatic rings. The van der Waals surface area contributed by atoms with Gasteiger partial charge < -0.3 is 4.98 Å². The highest BCUT2D eigenvalue weighted by atomic mass is 19.1.